The van der Waals surface area contributed by atoms with Crippen molar-refractivity contribution < 1.29 is 26.4 Å². The monoisotopic (exact) mass is 336 g/mol. The molecule has 1 aliphatic rings. The summed E-state index contributed by atoms with van der Waals surface area (Å²) in [6, 6.07) is 3.56. The summed E-state index contributed by atoms with van der Waals surface area (Å²) < 4.78 is 60.2. The van der Waals surface area contributed by atoms with Crippen molar-refractivity contribution in [3.05, 3.63) is 29.8 Å². The number of nitrogens with zero attached hydrogens (tertiary/aromatic N) is 1. The van der Waals surface area contributed by atoms with Crippen molar-refractivity contribution in [1.82, 2.24) is 4.90 Å². The van der Waals surface area contributed by atoms with Gasteiger partial charge in [-0.2, -0.15) is 13.2 Å². The van der Waals surface area contributed by atoms with Gasteiger partial charge in [-0.3, -0.25) is 0 Å². The van der Waals surface area contributed by atoms with Crippen LogP contribution in [0.4, 0.5) is 23.7 Å². The minimum atomic E-state index is -4.43. The number of urea groups is 1. The summed E-state index contributed by atoms with van der Waals surface area (Å²) in [4.78, 5) is 13.4. The lowest BCUT2D eigenvalue weighted by atomic mass is 10.2. The molecule has 22 heavy (non-hydrogen) atoms. The number of halogens is 3. The molecule has 0 atom stereocenters. The van der Waals surface area contributed by atoms with E-state index in [1.165, 1.54) is 4.90 Å². The van der Waals surface area contributed by atoms with Crippen LogP contribution in [0.5, 0.6) is 0 Å². The molecule has 2 amide bonds. The molecule has 9 heteroatoms. The first-order valence-corrected chi connectivity index (χ1v) is 8.43. The molecule has 1 fully saturated rings. The molecule has 0 radical (unpaired) electrons. The van der Waals surface area contributed by atoms with Gasteiger partial charge >= 0.3 is 12.2 Å². The van der Waals surface area contributed by atoms with Crippen LogP contribution in [0.3, 0.4) is 0 Å². The van der Waals surface area contributed by atoms with Gasteiger partial charge in [0.2, 0.25) is 0 Å². The SMILES string of the molecule is O=C(Nc1ccc(C(F)(F)F)cc1)N1CCCS(=O)(=O)CC1. The van der Waals surface area contributed by atoms with Crippen molar-refractivity contribution in [3.8, 4) is 0 Å². The quantitative estimate of drug-likeness (QED) is 0.856. The highest BCUT2D eigenvalue weighted by atomic mass is 32.2. The molecule has 1 aromatic carbocycles. The largest absolute Gasteiger partial charge is 0.416 e. The number of alkyl halides is 3. The number of nitrogens with one attached hydrogen (secondary N) is 1. The summed E-state index contributed by atoms with van der Waals surface area (Å²) in [7, 11) is -3.13. The van der Waals surface area contributed by atoms with E-state index in [-0.39, 0.29) is 23.7 Å². The topological polar surface area (TPSA) is 66.5 Å². The molecule has 122 valence electrons. The van der Waals surface area contributed by atoms with Crippen LogP contribution in [-0.4, -0.2) is 43.9 Å². The lowest BCUT2D eigenvalue weighted by Crippen LogP contribution is -2.37. The average Bonchev–Trinajstić information content (AvgIpc) is 2.59. The highest BCUT2D eigenvalue weighted by Crippen LogP contribution is 2.29. The number of benzene rings is 1. The molecule has 0 unspecified atom stereocenters. The first-order valence-electron chi connectivity index (χ1n) is 6.61. The van der Waals surface area contributed by atoms with E-state index in [0.717, 1.165) is 24.3 Å². The Morgan fingerprint density at radius 2 is 1.73 bits per heavy atom. The van der Waals surface area contributed by atoms with Crippen molar-refractivity contribution in [3.63, 3.8) is 0 Å². The smallest absolute Gasteiger partial charge is 0.323 e. The van der Waals surface area contributed by atoms with Crippen LogP contribution in [0.25, 0.3) is 0 Å². The molecule has 0 saturated carbocycles. The van der Waals surface area contributed by atoms with Crippen molar-refractivity contribution in [2.75, 3.05) is 29.9 Å². The molecule has 1 aliphatic heterocycles. The second-order valence-corrected chi connectivity index (χ2v) is 7.30. The summed E-state index contributed by atoms with van der Waals surface area (Å²) in [5, 5.41) is 2.47. The Morgan fingerprint density at radius 1 is 1.09 bits per heavy atom. The second kappa shape index (κ2) is 6.15. The minimum absolute atomic E-state index is 0.0387. The van der Waals surface area contributed by atoms with E-state index in [9.17, 15) is 26.4 Å². The van der Waals surface area contributed by atoms with E-state index in [1.807, 2.05) is 0 Å². The van der Waals surface area contributed by atoms with Crippen LogP contribution in [0.1, 0.15) is 12.0 Å². The average molecular weight is 336 g/mol. The predicted molar refractivity (Wildman–Crippen MR) is 75.3 cm³/mol. The Kier molecular flexibility index (Phi) is 4.64. The van der Waals surface area contributed by atoms with Crippen molar-refractivity contribution in [1.29, 1.82) is 0 Å². The molecule has 1 N–H and O–H groups in total. The third kappa shape index (κ3) is 4.36. The molecular weight excluding hydrogens is 321 g/mol. The summed E-state index contributed by atoms with van der Waals surface area (Å²) in [6.45, 7) is 0.375. The Bertz CT molecular complexity index is 641. The maximum Gasteiger partial charge on any atom is 0.416 e. The third-order valence-electron chi connectivity index (χ3n) is 3.31. The van der Waals surface area contributed by atoms with Gasteiger partial charge in [0, 0.05) is 18.8 Å². The van der Waals surface area contributed by atoms with Crippen LogP contribution in [0.2, 0.25) is 0 Å². The number of hydrogen-bond donors (Lipinski definition) is 1. The van der Waals surface area contributed by atoms with Crippen LogP contribution >= 0.6 is 0 Å². The van der Waals surface area contributed by atoms with Crippen LogP contribution in [0.15, 0.2) is 24.3 Å². The van der Waals surface area contributed by atoms with E-state index < -0.39 is 27.6 Å². The van der Waals surface area contributed by atoms with Gasteiger partial charge in [0.15, 0.2) is 9.84 Å². The Morgan fingerprint density at radius 3 is 2.32 bits per heavy atom. The summed E-state index contributed by atoms with van der Waals surface area (Å²) in [6.07, 6.45) is -4.08. The number of anilines is 1. The van der Waals surface area contributed by atoms with Crippen molar-refractivity contribution in [2.45, 2.75) is 12.6 Å². The van der Waals surface area contributed by atoms with Gasteiger partial charge < -0.3 is 10.2 Å². The van der Waals surface area contributed by atoms with Crippen LogP contribution in [0, 0.1) is 0 Å². The number of hydrogen-bond acceptors (Lipinski definition) is 3. The Labute approximate surface area is 126 Å². The lowest BCUT2D eigenvalue weighted by Gasteiger charge is -2.20. The molecule has 1 aromatic rings. The first kappa shape index (κ1) is 16.6. The molecule has 0 spiro atoms. The van der Waals surface area contributed by atoms with E-state index in [0.29, 0.717) is 13.0 Å². The molecule has 0 bridgehead atoms. The molecule has 1 heterocycles. The molecule has 2 rings (SSSR count). The number of carbonyl (C=O) groups excluding carboxylic acids is 1. The lowest BCUT2D eigenvalue weighted by molar-refractivity contribution is -0.137. The fourth-order valence-electron chi connectivity index (χ4n) is 2.09. The van der Waals surface area contributed by atoms with Gasteiger partial charge in [-0.1, -0.05) is 0 Å². The fraction of sp³-hybridized carbons (Fsp3) is 0.462. The van der Waals surface area contributed by atoms with Crippen molar-refractivity contribution >= 4 is 21.6 Å². The maximum absolute atomic E-state index is 12.4. The summed E-state index contributed by atoms with van der Waals surface area (Å²) >= 11 is 0. The van der Waals surface area contributed by atoms with Crippen LogP contribution in [-0.2, 0) is 16.0 Å². The fourth-order valence-corrected chi connectivity index (χ4v) is 3.36. The zero-order chi connectivity index (χ0) is 16.4. The highest BCUT2D eigenvalue weighted by molar-refractivity contribution is 7.91. The Balaban J connectivity index is 2.00. The summed E-state index contributed by atoms with van der Waals surface area (Å²) in [5.74, 6) is -0.0650. The standard InChI is InChI=1S/C13H15F3N2O3S/c14-13(15,16)10-2-4-11(5-3-10)17-12(19)18-6-1-8-22(20,21)9-7-18/h2-5H,1,6-9H2,(H,17,19). The van der Waals surface area contributed by atoms with Crippen molar-refractivity contribution in [2.24, 2.45) is 0 Å². The predicted octanol–water partition coefficient (Wildman–Crippen LogP) is 2.36. The summed E-state index contributed by atoms with van der Waals surface area (Å²) in [5.41, 5.74) is -0.573. The zero-order valence-electron chi connectivity index (χ0n) is 11.6. The maximum atomic E-state index is 12.4. The van der Waals surface area contributed by atoms with Gasteiger partial charge in [0.25, 0.3) is 0 Å². The van der Waals surface area contributed by atoms with E-state index >= 15 is 0 Å². The van der Waals surface area contributed by atoms with Gasteiger partial charge in [-0.25, -0.2) is 13.2 Å². The number of sulfone groups is 1. The van der Waals surface area contributed by atoms with Gasteiger partial charge in [-0.15, -0.1) is 0 Å². The molecule has 5 nitrogen and oxygen atoms in total. The number of rotatable bonds is 1. The molecule has 1 saturated heterocycles. The number of amides is 2. The Hall–Kier alpha value is -1.77. The van der Waals surface area contributed by atoms with E-state index in [4.69, 9.17) is 0 Å². The highest BCUT2D eigenvalue weighted by Gasteiger charge is 2.30. The zero-order valence-corrected chi connectivity index (χ0v) is 12.4. The van der Waals surface area contributed by atoms with Gasteiger partial charge in [-0.05, 0) is 30.7 Å². The third-order valence-corrected chi connectivity index (χ3v) is 5.02. The first-order chi connectivity index (χ1) is 10.2. The number of carbonyl (C=O) groups is 1. The molecule has 0 aliphatic carbocycles. The minimum Gasteiger partial charge on any atom is -0.323 e. The van der Waals surface area contributed by atoms with Crippen LogP contribution < -0.4 is 5.32 Å². The van der Waals surface area contributed by atoms with E-state index in [1.54, 1.807) is 0 Å². The molecule has 0 aromatic heterocycles. The van der Waals surface area contributed by atoms with Gasteiger partial charge in [0.05, 0.1) is 17.1 Å². The van der Waals surface area contributed by atoms with Gasteiger partial charge in [0.1, 0.15) is 0 Å². The van der Waals surface area contributed by atoms with E-state index in [2.05, 4.69) is 5.32 Å². The normalized spacial score (nSPS) is 18.6. The molecular formula is C13H15F3N2O3S. The second-order valence-electron chi connectivity index (χ2n) is 5.00.